The molecule has 1 aliphatic heterocycles. The summed E-state index contributed by atoms with van der Waals surface area (Å²) in [5.41, 5.74) is 2.79. The number of rotatable bonds is 7. The number of aryl methyl sites for hydroxylation is 1. The lowest BCUT2D eigenvalue weighted by molar-refractivity contribution is -0.132. The standard InChI is InChI=1S/C23H29N3O4/c1-17-4-7-19(8-5-17)24-22(27)16-25-10-12-26(13-11-25)23(28)14-18-6-9-20(29-2)15-21(18)30-3/h4-9,15H,10-14,16H2,1-3H3,(H,24,27). The maximum Gasteiger partial charge on any atom is 0.238 e. The summed E-state index contributed by atoms with van der Waals surface area (Å²) < 4.78 is 10.6. The third-order valence-corrected chi connectivity index (χ3v) is 5.26. The Morgan fingerprint density at radius 1 is 0.967 bits per heavy atom. The molecule has 0 spiro atoms. The molecule has 2 amide bonds. The Morgan fingerprint density at radius 2 is 1.67 bits per heavy atom. The zero-order valence-electron chi connectivity index (χ0n) is 17.8. The molecule has 1 aliphatic rings. The molecule has 0 atom stereocenters. The van der Waals surface area contributed by atoms with E-state index in [4.69, 9.17) is 9.47 Å². The minimum absolute atomic E-state index is 0.0402. The second kappa shape index (κ2) is 10.1. The lowest BCUT2D eigenvalue weighted by Gasteiger charge is -2.34. The summed E-state index contributed by atoms with van der Waals surface area (Å²) in [6, 6.07) is 13.2. The summed E-state index contributed by atoms with van der Waals surface area (Å²) in [4.78, 5) is 28.9. The fraction of sp³-hybridized carbons (Fsp3) is 0.391. The Morgan fingerprint density at radius 3 is 2.30 bits per heavy atom. The Balaban J connectivity index is 1.47. The van der Waals surface area contributed by atoms with Crippen LogP contribution >= 0.6 is 0 Å². The van der Waals surface area contributed by atoms with Gasteiger partial charge in [-0.2, -0.15) is 0 Å². The summed E-state index contributed by atoms with van der Waals surface area (Å²) in [5.74, 6) is 1.36. The smallest absolute Gasteiger partial charge is 0.238 e. The van der Waals surface area contributed by atoms with Crippen LogP contribution in [0.25, 0.3) is 0 Å². The van der Waals surface area contributed by atoms with Crippen LogP contribution in [0, 0.1) is 6.92 Å². The van der Waals surface area contributed by atoms with Gasteiger partial charge in [0.2, 0.25) is 11.8 Å². The van der Waals surface area contributed by atoms with Gasteiger partial charge in [-0.3, -0.25) is 14.5 Å². The first kappa shape index (κ1) is 21.6. The average molecular weight is 412 g/mol. The molecule has 0 unspecified atom stereocenters. The van der Waals surface area contributed by atoms with Crippen LogP contribution in [0.3, 0.4) is 0 Å². The summed E-state index contributed by atoms with van der Waals surface area (Å²) in [5, 5.41) is 2.92. The van der Waals surface area contributed by atoms with Crippen LogP contribution in [0.4, 0.5) is 5.69 Å². The predicted octanol–water partition coefficient (Wildman–Crippen LogP) is 2.34. The Bertz CT molecular complexity index is 875. The molecule has 30 heavy (non-hydrogen) atoms. The molecular formula is C23H29N3O4. The van der Waals surface area contributed by atoms with Crippen LogP contribution < -0.4 is 14.8 Å². The highest BCUT2D eigenvalue weighted by molar-refractivity contribution is 5.92. The van der Waals surface area contributed by atoms with Crippen LogP contribution in [0.2, 0.25) is 0 Å². The molecule has 1 N–H and O–H groups in total. The van der Waals surface area contributed by atoms with E-state index in [2.05, 4.69) is 10.2 Å². The summed E-state index contributed by atoms with van der Waals surface area (Å²) in [6.45, 7) is 4.89. The van der Waals surface area contributed by atoms with Crippen LogP contribution in [0.5, 0.6) is 11.5 Å². The molecule has 1 heterocycles. The Kier molecular flexibility index (Phi) is 7.30. The molecule has 0 radical (unpaired) electrons. The lowest BCUT2D eigenvalue weighted by Crippen LogP contribution is -2.50. The molecule has 160 valence electrons. The van der Waals surface area contributed by atoms with Gasteiger partial charge >= 0.3 is 0 Å². The highest BCUT2D eigenvalue weighted by atomic mass is 16.5. The quantitative estimate of drug-likeness (QED) is 0.757. The Labute approximate surface area is 177 Å². The van der Waals surface area contributed by atoms with E-state index >= 15 is 0 Å². The molecule has 0 saturated carbocycles. The molecule has 0 aromatic heterocycles. The highest BCUT2D eigenvalue weighted by Crippen LogP contribution is 2.25. The van der Waals surface area contributed by atoms with Crippen molar-refractivity contribution in [3.8, 4) is 11.5 Å². The van der Waals surface area contributed by atoms with Gasteiger partial charge in [0.1, 0.15) is 11.5 Å². The van der Waals surface area contributed by atoms with Gasteiger partial charge in [0.25, 0.3) is 0 Å². The molecule has 2 aromatic carbocycles. The van der Waals surface area contributed by atoms with E-state index in [9.17, 15) is 9.59 Å². The molecule has 7 heteroatoms. The molecule has 1 fully saturated rings. The third kappa shape index (κ3) is 5.73. The molecule has 7 nitrogen and oxygen atoms in total. The van der Waals surface area contributed by atoms with Crippen molar-refractivity contribution in [2.45, 2.75) is 13.3 Å². The second-order valence-corrected chi connectivity index (χ2v) is 7.43. The molecule has 2 aromatic rings. The number of hydrogen-bond acceptors (Lipinski definition) is 5. The minimum atomic E-state index is -0.0402. The van der Waals surface area contributed by atoms with Crippen LogP contribution in [-0.2, 0) is 16.0 Å². The third-order valence-electron chi connectivity index (χ3n) is 5.26. The van der Waals surface area contributed by atoms with Crippen molar-refractivity contribution in [2.75, 3.05) is 52.3 Å². The van der Waals surface area contributed by atoms with Crippen molar-refractivity contribution in [2.24, 2.45) is 0 Å². The van der Waals surface area contributed by atoms with Gasteiger partial charge in [-0.05, 0) is 25.1 Å². The number of carbonyl (C=O) groups is 2. The van der Waals surface area contributed by atoms with Crippen molar-refractivity contribution < 1.29 is 19.1 Å². The first-order valence-electron chi connectivity index (χ1n) is 10.1. The molecule has 1 saturated heterocycles. The first-order valence-corrected chi connectivity index (χ1v) is 10.1. The fourth-order valence-electron chi connectivity index (χ4n) is 3.47. The SMILES string of the molecule is COc1ccc(CC(=O)N2CCN(CC(=O)Nc3ccc(C)cc3)CC2)c(OC)c1. The number of methoxy groups -OCH3 is 2. The van der Waals surface area contributed by atoms with Crippen molar-refractivity contribution in [1.82, 2.24) is 9.80 Å². The summed E-state index contributed by atoms with van der Waals surface area (Å²) in [6.07, 6.45) is 0.279. The van der Waals surface area contributed by atoms with Gasteiger partial charge in [0, 0.05) is 43.5 Å². The van der Waals surface area contributed by atoms with E-state index < -0.39 is 0 Å². The lowest BCUT2D eigenvalue weighted by atomic mass is 10.1. The van der Waals surface area contributed by atoms with E-state index in [-0.39, 0.29) is 18.2 Å². The van der Waals surface area contributed by atoms with Crippen molar-refractivity contribution >= 4 is 17.5 Å². The highest BCUT2D eigenvalue weighted by Gasteiger charge is 2.23. The minimum Gasteiger partial charge on any atom is -0.497 e. The van der Waals surface area contributed by atoms with Gasteiger partial charge in [-0.25, -0.2) is 0 Å². The zero-order chi connectivity index (χ0) is 21.5. The number of ether oxygens (including phenoxy) is 2. The maximum absolute atomic E-state index is 12.7. The number of anilines is 1. The number of carbonyl (C=O) groups excluding carboxylic acids is 2. The van der Waals surface area contributed by atoms with Gasteiger partial charge in [0.15, 0.2) is 0 Å². The van der Waals surface area contributed by atoms with E-state index in [0.29, 0.717) is 44.2 Å². The molecule has 0 aliphatic carbocycles. The molecule has 0 bridgehead atoms. The number of amides is 2. The van der Waals surface area contributed by atoms with Gasteiger partial charge in [-0.1, -0.05) is 23.8 Å². The number of benzene rings is 2. The summed E-state index contributed by atoms with van der Waals surface area (Å²) >= 11 is 0. The topological polar surface area (TPSA) is 71.1 Å². The van der Waals surface area contributed by atoms with Crippen LogP contribution in [-0.4, -0.2) is 68.6 Å². The number of nitrogens with zero attached hydrogens (tertiary/aromatic N) is 2. The van der Waals surface area contributed by atoms with E-state index in [1.807, 2.05) is 48.2 Å². The van der Waals surface area contributed by atoms with E-state index in [0.717, 1.165) is 16.8 Å². The number of nitrogens with one attached hydrogen (secondary N) is 1. The van der Waals surface area contributed by atoms with Gasteiger partial charge in [-0.15, -0.1) is 0 Å². The van der Waals surface area contributed by atoms with E-state index in [1.165, 1.54) is 0 Å². The van der Waals surface area contributed by atoms with Crippen LogP contribution in [0.15, 0.2) is 42.5 Å². The van der Waals surface area contributed by atoms with Crippen molar-refractivity contribution in [3.05, 3.63) is 53.6 Å². The monoisotopic (exact) mass is 411 g/mol. The van der Waals surface area contributed by atoms with Gasteiger partial charge in [0.05, 0.1) is 27.2 Å². The Hall–Kier alpha value is -3.06. The predicted molar refractivity (Wildman–Crippen MR) is 116 cm³/mol. The zero-order valence-corrected chi connectivity index (χ0v) is 17.8. The average Bonchev–Trinajstić information content (AvgIpc) is 2.76. The van der Waals surface area contributed by atoms with Gasteiger partial charge < -0.3 is 19.7 Å². The van der Waals surface area contributed by atoms with Crippen molar-refractivity contribution in [1.29, 1.82) is 0 Å². The normalized spacial score (nSPS) is 14.3. The molecular weight excluding hydrogens is 382 g/mol. The van der Waals surface area contributed by atoms with Crippen LogP contribution in [0.1, 0.15) is 11.1 Å². The fourth-order valence-corrected chi connectivity index (χ4v) is 3.47. The summed E-state index contributed by atoms with van der Waals surface area (Å²) in [7, 11) is 3.18. The second-order valence-electron chi connectivity index (χ2n) is 7.43. The van der Waals surface area contributed by atoms with E-state index in [1.54, 1.807) is 20.3 Å². The first-order chi connectivity index (χ1) is 14.5. The van der Waals surface area contributed by atoms with Crippen molar-refractivity contribution in [3.63, 3.8) is 0 Å². The largest absolute Gasteiger partial charge is 0.497 e. The number of hydrogen-bond donors (Lipinski definition) is 1. The molecule has 3 rings (SSSR count). The maximum atomic E-state index is 12.7. The number of piperazine rings is 1.